The van der Waals surface area contributed by atoms with E-state index in [4.69, 9.17) is 4.74 Å². The van der Waals surface area contributed by atoms with Crippen LogP contribution in [-0.2, 0) is 0 Å². The highest BCUT2D eigenvalue weighted by Gasteiger charge is 2.21. The topological polar surface area (TPSA) is 54.8 Å². The van der Waals surface area contributed by atoms with E-state index in [0.717, 1.165) is 22.1 Å². The number of ether oxygens (including phenoxy) is 1. The number of amides is 1. The first-order valence-corrected chi connectivity index (χ1v) is 11.6. The molecule has 1 aromatic heterocycles. The second-order valence-corrected chi connectivity index (χ2v) is 8.54. The van der Waals surface area contributed by atoms with Crippen LogP contribution in [0.2, 0.25) is 0 Å². The quantitative estimate of drug-likeness (QED) is 0.206. The van der Waals surface area contributed by atoms with Crippen LogP contribution in [0, 0.1) is 5.82 Å². The van der Waals surface area contributed by atoms with Gasteiger partial charge in [0, 0.05) is 5.56 Å². The van der Waals surface area contributed by atoms with Crippen LogP contribution in [0.4, 0.5) is 9.52 Å². The van der Waals surface area contributed by atoms with E-state index in [1.54, 1.807) is 18.3 Å². The van der Waals surface area contributed by atoms with Gasteiger partial charge in [-0.25, -0.2) is 9.37 Å². The fourth-order valence-corrected chi connectivity index (χ4v) is 4.50. The number of nitrogens with zero attached hydrogens (tertiary/aromatic N) is 3. The minimum atomic E-state index is -0.354. The molecule has 0 aliphatic rings. The zero-order valence-electron chi connectivity index (χ0n) is 18.3. The Bertz CT molecular complexity index is 1510. The predicted octanol–water partition coefficient (Wildman–Crippen LogP) is 6.67. The van der Waals surface area contributed by atoms with Crippen LogP contribution in [0.1, 0.15) is 22.8 Å². The third-order valence-corrected chi connectivity index (χ3v) is 6.22. The molecule has 0 radical (unpaired) electrons. The Morgan fingerprint density at radius 3 is 2.62 bits per heavy atom. The van der Waals surface area contributed by atoms with Crippen molar-refractivity contribution in [3.8, 4) is 5.75 Å². The second-order valence-electron chi connectivity index (χ2n) is 7.53. The third-order valence-electron chi connectivity index (χ3n) is 5.22. The summed E-state index contributed by atoms with van der Waals surface area (Å²) in [5.74, 6) is 0.0809. The third kappa shape index (κ3) is 4.51. The number of anilines is 1. The summed E-state index contributed by atoms with van der Waals surface area (Å²) in [5.41, 5.74) is 1.88. The molecule has 1 heterocycles. The Morgan fingerprint density at radius 2 is 1.82 bits per heavy atom. The number of rotatable bonds is 6. The van der Waals surface area contributed by atoms with Gasteiger partial charge in [0.05, 0.1) is 23.0 Å². The number of benzene rings is 4. The van der Waals surface area contributed by atoms with Crippen molar-refractivity contribution < 1.29 is 13.9 Å². The fourth-order valence-electron chi connectivity index (χ4n) is 3.55. The summed E-state index contributed by atoms with van der Waals surface area (Å²) in [7, 11) is 0. The molecule has 4 aromatic carbocycles. The van der Waals surface area contributed by atoms with Crippen molar-refractivity contribution in [3.05, 3.63) is 102 Å². The maximum Gasteiger partial charge on any atom is 0.280 e. The number of thiazole rings is 1. The molecule has 0 spiro atoms. The van der Waals surface area contributed by atoms with E-state index in [0.29, 0.717) is 27.5 Å². The molecule has 0 bridgehead atoms. The molecule has 1 amide bonds. The number of hydrogen-bond donors (Lipinski definition) is 0. The summed E-state index contributed by atoms with van der Waals surface area (Å²) >= 11 is 1.21. The monoisotopic (exact) mass is 469 g/mol. The number of fused-ring (bicyclic) bond motifs is 2. The van der Waals surface area contributed by atoms with Gasteiger partial charge in [-0.3, -0.25) is 4.79 Å². The SMILES string of the molecule is CCOc1ccc(/C=N/N(C(=O)c2ccc3ccccc3c2)c2nc3ccc(F)cc3s2)cc1. The highest BCUT2D eigenvalue weighted by atomic mass is 32.1. The van der Waals surface area contributed by atoms with E-state index in [9.17, 15) is 9.18 Å². The molecule has 5 aromatic rings. The van der Waals surface area contributed by atoms with Crippen LogP contribution in [0.3, 0.4) is 0 Å². The number of carbonyl (C=O) groups excluding carboxylic acids is 1. The van der Waals surface area contributed by atoms with Crippen molar-refractivity contribution in [2.75, 3.05) is 11.6 Å². The van der Waals surface area contributed by atoms with E-state index in [1.165, 1.54) is 28.5 Å². The number of halogens is 1. The van der Waals surface area contributed by atoms with Crippen LogP contribution in [0.5, 0.6) is 5.75 Å². The Morgan fingerprint density at radius 1 is 1.03 bits per heavy atom. The standard InChI is InChI=1S/C27H20FN3O2S/c1-2-33-23-12-7-18(8-13-23)17-29-31(27-30-24-14-11-22(28)16-25(24)34-27)26(32)21-10-9-19-5-3-4-6-20(19)15-21/h3-17H,2H2,1H3/b29-17+. The molecule has 0 aliphatic carbocycles. The van der Waals surface area contributed by atoms with Crippen molar-refractivity contribution in [1.82, 2.24) is 4.98 Å². The van der Waals surface area contributed by atoms with E-state index in [2.05, 4.69) is 10.1 Å². The lowest BCUT2D eigenvalue weighted by Crippen LogP contribution is -2.25. The molecule has 0 atom stereocenters. The highest BCUT2D eigenvalue weighted by Crippen LogP contribution is 2.31. The lowest BCUT2D eigenvalue weighted by atomic mass is 10.1. The summed E-state index contributed by atoms with van der Waals surface area (Å²) in [6, 6.07) is 25.1. The number of aromatic nitrogens is 1. The molecule has 7 heteroatoms. The Hall–Kier alpha value is -4.10. The van der Waals surface area contributed by atoms with Gasteiger partial charge in [0.1, 0.15) is 11.6 Å². The molecule has 0 unspecified atom stereocenters. The van der Waals surface area contributed by atoms with Crippen LogP contribution >= 0.6 is 11.3 Å². The van der Waals surface area contributed by atoms with Crippen molar-refractivity contribution >= 4 is 49.6 Å². The molecule has 0 N–H and O–H groups in total. The lowest BCUT2D eigenvalue weighted by molar-refractivity contribution is 0.0988. The molecule has 0 saturated carbocycles. The van der Waals surface area contributed by atoms with Gasteiger partial charge in [-0.2, -0.15) is 10.1 Å². The van der Waals surface area contributed by atoms with Gasteiger partial charge in [0.25, 0.3) is 5.91 Å². The summed E-state index contributed by atoms with van der Waals surface area (Å²) < 4.78 is 19.9. The maximum atomic E-state index is 13.7. The van der Waals surface area contributed by atoms with Crippen LogP contribution in [0.25, 0.3) is 21.0 Å². The van der Waals surface area contributed by atoms with Gasteiger partial charge >= 0.3 is 0 Å². The summed E-state index contributed by atoms with van der Waals surface area (Å²) in [6.45, 7) is 2.51. The van der Waals surface area contributed by atoms with Crippen molar-refractivity contribution in [3.63, 3.8) is 0 Å². The molecule has 5 nitrogen and oxygen atoms in total. The largest absolute Gasteiger partial charge is 0.494 e. The first-order chi connectivity index (χ1) is 16.6. The van der Waals surface area contributed by atoms with E-state index < -0.39 is 0 Å². The van der Waals surface area contributed by atoms with Crippen molar-refractivity contribution in [1.29, 1.82) is 0 Å². The van der Waals surface area contributed by atoms with Gasteiger partial charge in [0.2, 0.25) is 5.13 Å². The van der Waals surface area contributed by atoms with E-state index in [1.807, 2.05) is 67.6 Å². The first-order valence-electron chi connectivity index (χ1n) is 10.8. The zero-order chi connectivity index (χ0) is 23.5. The van der Waals surface area contributed by atoms with Crippen LogP contribution < -0.4 is 9.75 Å². The number of hydrazone groups is 1. The molecule has 0 aliphatic heterocycles. The zero-order valence-corrected chi connectivity index (χ0v) is 19.1. The Labute approximate surface area is 199 Å². The summed E-state index contributed by atoms with van der Waals surface area (Å²) in [4.78, 5) is 18.1. The Kier molecular flexibility index (Phi) is 6.01. The Balaban J connectivity index is 1.54. The molecule has 0 saturated heterocycles. The van der Waals surface area contributed by atoms with Crippen molar-refractivity contribution in [2.45, 2.75) is 6.92 Å². The summed E-state index contributed by atoms with van der Waals surface area (Å²) in [5, 5.41) is 8.11. The smallest absolute Gasteiger partial charge is 0.280 e. The highest BCUT2D eigenvalue weighted by molar-refractivity contribution is 7.22. The van der Waals surface area contributed by atoms with E-state index >= 15 is 0 Å². The fraction of sp³-hybridized carbons (Fsp3) is 0.0741. The minimum Gasteiger partial charge on any atom is -0.494 e. The molecule has 168 valence electrons. The van der Waals surface area contributed by atoms with E-state index in [-0.39, 0.29) is 11.7 Å². The van der Waals surface area contributed by atoms with Gasteiger partial charge in [0.15, 0.2) is 0 Å². The predicted molar refractivity (Wildman–Crippen MR) is 136 cm³/mol. The average Bonchev–Trinajstić information content (AvgIpc) is 3.27. The molecule has 34 heavy (non-hydrogen) atoms. The van der Waals surface area contributed by atoms with Gasteiger partial charge in [-0.15, -0.1) is 0 Å². The lowest BCUT2D eigenvalue weighted by Gasteiger charge is -2.14. The number of hydrogen-bond acceptors (Lipinski definition) is 5. The first kappa shape index (κ1) is 21.7. The summed E-state index contributed by atoms with van der Waals surface area (Å²) in [6.07, 6.45) is 1.60. The van der Waals surface area contributed by atoms with Crippen LogP contribution in [-0.4, -0.2) is 23.7 Å². The number of carbonyl (C=O) groups is 1. The molecular weight excluding hydrogens is 449 g/mol. The normalized spacial score (nSPS) is 11.4. The molecular formula is C27H20FN3O2S. The minimum absolute atomic E-state index is 0.326. The average molecular weight is 470 g/mol. The molecule has 0 fully saturated rings. The molecule has 5 rings (SSSR count). The van der Waals surface area contributed by atoms with Gasteiger partial charge in [-0.05, 0) is 77.9 Å². The van der Waals surface area contributed by atoms with Gasteiger partial charge < -0.3 is 4.74 Å². The van der Waals surface area contributed by atoms with Gasteiger partial charge in [-0.1, -0.05) is 41.7 Å². The van der Waals surface area contributed by atoms with Crippen molar-refractivity contribution in [2.24, 2.45) is 5.10 Å². The second kappa shape index (κ2) is 9.41. The maximum absolute atomic E-state index is 13.7. The van der Waals surface area contributed by atoms with Crippen LogP contribution in [0.15, 0.2) is 90.0 Å².